The van der Waals surface area contributed by atoms with Crippen LogP contribution in [0.25, 0.3) is 0 Å². The number of amides is 1. The first-order valence-electron chi connectivity index (χ1n) is 23.8. The summed E-state index contributed by atoms with van der Waals surface area (Å²) in [4.78, 5) is 16.6. The highest BCUT2D eigenvalue weighted by atomic mass is 16.6. The third kappa shape index (κ3) is 19.8. The molecule has 0 aromatic rings. The number of carbonyl (C=O) groups excluding carboxylic acids is 1. The smallest absolute Gasteiger partial charge is 0.257 e. The molecular formula is C48H94N2O2. The van der Waals surface area contributed by atoms with Crippen molar-refractivity contribution < 1.29 is 9.53 Å². The van der Waals surface area contributed by atoms with Crippen molar-refractivity contribution >= 4 is 5.91 Å². The van der Waals surface area contributed by atoms with Gasteiger partial charge >= 0.3 is 0 Å². The summed E-state index contributed by atoms with van der Waals surface area (Å²) in [6.45, 7) is 16.7. The molecular weight excluding hydrogens is 637 g/mol. The van der Waals surface area contributed by atoms with Crippen LogP contribution in [0.15, 0.2) is 0 Å². The molecule has 52 heavy (non-hydrogen) atoms. The summed E-state index contributed by atoms with van der Waals surface area (Å²) >= 11 is 0. The van der Waals surface area contributed by atoms with E-state index in [1.54, 1.807) is 0 Å². The number of rotatable bonds is 34. The van der Waals surface area contributed by atoms with Gasteiger partial charge < -0.3 is 15.0 Å². The van der Waals surface area contributed by atoms with Gasteiger partial charge in [-0.2, -0.15) is 0 Å². The summed E-state index contributed by atoms with van der Waals surface area (Å²) in [7, 11) is 0. The highest BCUT2D eigenvalue weighted by Gasteiger charge is 2.62. The van der Waals surface area contributed by atoms with E-state index in [4.69, 9.17) is 4.74 Å². The fourth-order valence-corrected chi connectivity index (χ4v) is 10.0. The van der Waals surface area contributed by atoms with E-state index in [1.165, 1.54) is 193 Å². The van der Waals surface area contributed by atoms with Crippen molar-refractivity contribution in [2.75, 3.05) is 6.54 Å². The molecule has 0 radical (unpaired) electrons. The summed E-state index contributed by atoms with van der Waals surface area (Å²) in [5, 5.41) is 3.80. The van der Waals surface area contributed by atoms with Crippen molar-refractivity contribution in [2.24, 2.45) is 0 Å². The van der Waals surface area contributed by atoms with E-state index in [2.05, 4.69) is 58.7 Å². The van der Waals surface area contributed by atoms with Crippen LogP contribution in [0, 0.1) is 0 Å². The minimum Gasteiger partial charge on any atom is -0.339 e. The molecule has 2 aliphatic heterocycles. The molecule has 2 heterocycles. The SMILES string of the molecule is CCCCCCCCCCCCCCCCCCN1C(=O)C2(CC(C)(C)NC(C)(C)C2)OC1(C)CCCCCCCCCCCCCCCCCC. The Morgan fingerprint density at radius 2 is 0.750 bits per heavy atom. The van der Waals surface area contributed by atoms with Crippen LogP contribution in [0.4, 0.5) is 0 Å². The van der Waals surface area contributed by atoms with E-state index < -0.39 is 11.3 Å². The summed E-state index contributed by atoms with van der Waals surface area (Å²) in [5.41, 5.74) is -1.43. The van der Waals surface area contributed by atoms with Gasteiger partial charge in [-0.1, -0.05) is 206 Å². The average molecular weight is 731 g/mol. The minimum absolute atomic E-state index is 0.128. The molecule has 308 valence electrons. The fraction of sp³-hybridized carbons (Fsp3) is 0.979. The molecule has 0 saturated carbocycles. The van der Waals surface area contributed by atoms with Gasteiger partial charge in [0.2, 0.25) is 0 Å². The number of ether oxygens (including phenoxy) is 1. The Labute approximate surface area is 326 Å². The molecule has 0 bridgehead atoms. The second-order valence-corrected chi connectivity index (χ2v) is 19.3. The van der Waals surface area contributed by atoms with Crippen LogP contribution in [0.1, 0.15) is 273 Å². The second kappa shape index (κ2) is 27.1. The Bertz CT molecular complexity index is 868. The summed E-state index contributed by atoms with van der Waals surface area (Å²) < 4.78 is 7.11. The lowest BCUT2D eigenvalue weighted by molar-refractivity contribution is -0.165. The van der Waals surface area contributed by atoms with Crippen LogP contribution in [0.5, 0.6) is 0 Å². The maximum Gasteiger partial charge on any atom is 0.257 e. The lowest BCUT2D eigenvalue weighted by Crippen LogP contribution is -2.65. The van der Waals surface area contributed by atoms with Gasteiger partial charge in [0, 0.05) is 30.5 Å². The zero-order valence-corrected chi connectivity index (χ0v) is 36.7. The van der Waals surface area contributed by atoms with Gasteiger partial charge in [0.1, 0.15) is 5.72 Å². The van der Waals surface area contributed by atoms with Gasteiger partial charge in [-0.25, -0.2) is 0 Å². The monoisotopic (exact) mass is 731 g/mol. The van der Waals surface area contributed by atoms with E-state index in [0.29, 0.717) is 0 Å². The lowest BCUT2D eigenvalue weighted by Gasteiger charge is -2.50. The molecule has 2 fully saturated rings. The third-order valence-corrected chi connectivity index (χ3v) is 12.5. The molecule has 1 spiro atoms. The van der Waals surface area contributed by atoms with Crippen LogP contribution >= 0.6 is 0 Å². The number of hydrogen-bond acceptors (Lipinski definition) is 3. The van der Waals surface area contributed by atoms with Crippen molar-refractivity contribution in [1.82, 2.24) is 10.2 Å². The van der Waals surface area contributed by atoms with E-state index in [0.717, 1.165) is 38.6 Å². The molecule has 1 atom stereocenters. The highest BCUT2D eigenvalue weighted by molar-refractivity contribution is 5.88. The van der Waals surface area contributed by atoms with Gasteiger partial charge in [0.25, 0.3) is 5.91 Å². The van der Waals surface area contributed by atoms with Crippen molar-refractivity contribution in [3.63, 3.8) is 0 Å². The van der Waals surface area contributed by atoms with Crippen LogP contribution < -0.4 is 5.32 Å². The predicted octanol–water partition coefficient (Wildman–Crippen LogP) is 15.2. The molecule has 2 rings (SSSR count). The summed E-state index contributed by atoms with van der Waals surface area (Å²) in [6.07, 6.45) is 46.6. The molecule has 1 N–H and O–H groups in total. The van der Waals surface area contributed by atoms with Crippen molar-refractivity contribution in [3.8, 4) is 0 Å². The largest absolute Gasteiger partial charge is 0.339 e. The van der Waals surface area contributed by atoms with Crippen molar-refractivity contribution in [3.05, 3.63) is 0 Å². The summed E-state index contributed by atoms with van der Waals surface area (Å²) in [6, 6.07) is 0. The highest BCUT2D eigenvalue weighted by Crippen LogP contribution is 2.49. The number of nitrogens with one attached hydrogen (secondary N) is 1. The molecule has 1 unspecified atom stereocenters. The van der Waals surface area contributed by atoms with Gasteiger partial charge in [-0.05, 0) is 53.9 Å². The number of carbonyl (C=O) groups is 1. The summed E-state index contributed by atoms with van der Waals surface area (Å²) in [5.74, 6) is 0.273. The average Bonchev–Trinajstić information content (AvgIpc) is 3.26. The van der Waals surface area contributed by atoms with Crippen LogP contribution in [-0.2, 0) is 9.53 Å². The quantitative estimate of drug-likeness (QED) is 0.0670. The van der Waals surface area contributed by atoms with Gasteiger partial charge in [-0.15, -0.1) is 0 Å². The van der Waals surface area contributed by atoms with E-state index in [1.807, 2.05) is 0 Å². The normalized spacial score (nSPS) is 20.8. The second-order valence-electron chi connectivity index (χ2n) is 19.3. The molecule has 4 heteroatoms. The number of piperidine rings is 1. The lowest BCUT2D eigenvalue weighted by atomic mass is 9.72. The van der Waals surface area contributed by atoms with E-state index >= 15 is 0 Å². The Hall–Kier alpha value is -0.610. The molecule has 2 saturated heterocycles. The zero-order chi connectivity index (χ0) is 38.0. The van der Waals surface area contributed by atoms with Gasteiger partial charge in [0.15, 0.2) is 5.60 Å². The Morgan fingerprint density at radius 1 is 0.462 bits per heavy atom. The van der Waals surface area contributed by atoms with Crippen LogP contribution in [0.3, 0.4) is 0 Å². The van der Waals surface area contributed by atoms with E-state index in [9.17, 15) is 4.79 Å². The molecule has 0 aromatic carbocycles. The Kier molecular flexibility index (Phi) is 24.7. The topological polar surface area (TPSA) is 41.6 Å². The van der Waals surface area contributed by atoms with Gasteiger partial charge in [0.05, 0.1) is 0 Å². The van der Waals surface area contributed by atoms with Crippen molar-refractivity contribution in [1.29, 1.82) is 0 Å². The van der Waals surface area contributed by atoms with E-state index in [-0.39, 0.29) is 17.0 Å². The standard InChI is InChI=1S/C48H94N2O2/c1-8-10-12-14-16-18-20-22-24-26-28-30-32-34-36-38-40-47(7)50(44(51)48(52-47)42-45(3,4)49-46(5,6)43-48)41-39-37-35-33-31-29-27-25-23-21-19-17-15-13-11-9-2/h49H,8-43H2,1-7H3. The molecule has 1 amide bonds. The first-order chi connectivity index (χ1) is 25.0. The van der Waals surface area contributed by atoms with Crippen molar-refractivity contribution in [2.45, 2.75) is 296 Å². The molecule has 0 aliphatic carbocycles. The van der Waals surface area contributed by atoms with Crippen LogP contribution in [-0.4, -0.2) is 39.8 Å². The number of unbranched alkanes of at least 4 members (excludes halogenated alkanes) is 30. The molecule has 2 aliphatic rings. The first-order valence-corrected chi connectivity index (χ1v) is 23.8. The minimum atomic E-state index is -0.697. The fourth-order valence-electron chi connectivity index (χ4n) is 10.0. The Morgan fingerprint density at radius 3 is 1.08 bits per heavy atom. The number of hydrogen-bond donors (Lipinski definition) is 1. The van der Waals surface area contributed by atoms with Crippen LogP contribution in [0.2, 0.25) is 0 Å². The first kappa shape index (κ1) is 47.5. The maximum atomic E-state index is 14.4. The zero-order valence-electron chi connectivity index (χ0n) is 36.7. The predicted molar refractivity (Wildman–Crippen MR) is 228 cm³/mol. The van der Waals surface area contributed by atoms with Gasteiger partial charge in [-0.3, -0.25) is 4.79 Å². The third-order valence-electron chi connectivity index (χ3n) is 12.5. The maximum absolute atomic E-state index is 14.4. The Balaban J connectivity index is 1.67. The molecule has 0 aromatic heterocycles. The molecule has 4 nitrogen and oxygen atoms in total. The number of nitrogens with zero attached hydrogens (tertiary/aromatic N) is 1.